The van der Waals surface area contributed by atoms with Crippen molar-refractivity contribution < 1.29 is 4.79 Å². The van der Waals surface area contributed by atoms with Gasteiger partial charge in [-0.05, 0) is 40.8 Å². The van der Waals surface area contributed by atoms with Crippen LogP contribution in [0.25, 0.3) is 0 Å². The molecule has 4 heteroatoms. The Morgan fingerprint density at radius 2 is 1.70 bits per heavy atom. The zero-order valence-corrected chi connectivity index (χ0v) is 13.5. The fourth-order valence-electron chi connectivity index (χ4n) is 2.00. The number of carbonyl (C=O) groups is 1. The van der Waals surface area contributed by atoms with E-state index < -0.39 is 0 Å². The summed E-state index contributed by atoms with van der Waals surface area (Å²) in [6, 6.07) is 16.5. The summed E-state index contributed by atoms with van der Waals surface area (Å²) in [5, 5.41) is 12.7. The highest BCUT2D eigenvalue weighted by Crippen LogP contribution is 2.22. The monoisotopic (exact) mass is 305 g/mol. The maximum atomic E-state index is 12.0. The molecule has 0 unspecified atom stereocenters. The molecule has 0 aliphatic heterocycles. The largest absolute Gasteiger partial charge is 0.271 e. The molecule has 2 aromatic carbocycles. The maximum absolute atomic E-state index is 12.0. The van der Waals surface area contributed by atoms with E-state index in [-0.39, 0.29) is 11.3 Å². The minimum Gasteiger partial charge on any atom is -0.267 e. The molecule has 23 heavy (non-hydrogen) atoms. The second-order valence-electron chi connectivity index (χ2n) is 6.26. The number of nitrogens with one attached hydrogen (secondary N) is 1. The minimum absolute atomic E-state index is 0.0583. The van der Waals surface area contributed by atoms with E-state index in [1.54, 1.807) is 42.6 Å². The van der Waals surface area contributed by atoms with E-state index >= 15 is 0 Å². The van der Waals surface area contributed by atoms with Crippen LogP contribution in [0.3, 0.4) is 0 Å². The first-order valence-electron chi connectivity index (χ1n) is 7.34. The van der Waals surface area contributed by atoms with Gasteiger partial charge in [-0.25, -0.2) is 5.43 Å². The topological polar surface area (TPSA) is 65.2 Å². The average Bonchev–Trinajstić information content (AvgIpc) is 2.54. The predicted octanol–water partition coefficient (Wildman–Crippen LogP) is 3.62. The summed E-state index contributed by atoms with van der Waals surface area (Å²) in [5.74, 6) is -0.254. The van der Waals surface area contributed by atoms with Crippen LogP contribution in [0.15, 0.2) is 53.6 Å². The van der Waals surface area contributed by atoms with Crippen LogP contribution in [0.4, 0.5) is 0 Å². The Bertz CT molecular complexity index is 745. The molecule has 0 fully saturated rings. The SMILES string of the molecule is CC(C)(C)c1ccc(C(=O)NN=Cc2ccc(C#N)cc2)cc1. The number of benzene rings is 2. The van der Waals surface area contributed by atoms with E-state index in [0.717, 1.165) is 5.56 Å². The Morgan fingerprint density at radius 1 is 1.09 bits per heavy atom. The quantitative estimate of drug-likeness (QED) is 0.695. The van der Waals surface area contributed by atoms with Gasteiger partial charge in [0.2, 0.25) is 0 Å². The number of carbonyl (C=O) groups excluding carboxylic acids is 1. The molecule has 4 nitrogen and oxygen atoms in total. The Kier molecular flexibility index (Phi) is 4.92. The molecule has 0 aromatic heterocycles. The molecule has 0 spiro atoms. The van der Waals surface area contributed by atoms with Crippen LogP contribution in [0, 0.1) is 11.3 Å². The van der Waals surface area contributed by atoms with E-state index in [4.69, 9.17) is 5.26 Å². The van der Waals surface area contributed by atoms with E-state index in [1.807, 2.05) is 12.1 Å². The fraction of sp³-hybridized carbons (Fsp3) is 0.211. The highest BCUT2D eigenvalue weighted by Gasteiger charge is 2.14. The van der Waals surface area contributed by atoms with Gasteiger partial charge in [0, 0.05) is 5.56 Å². The van der Waals surface area contributed by atoms with E-state index in [9.17, 15) is 4.79 Å². The maximum Gasteiger partial charge on any atom is 0.271 e. The highest BCUT2D eigenvalue weighted by atomic mass is 16.2. The van der Waals surface area contributed by atoms with Crippen molar-refractivity contribution in [1.82, 2.24) is 5.43 Å². The lowest BCUT2D eigenvalue weighted by molar-refractivity contribution is 0.0955. The number of hydrogen-bond acceptors (Lipinski definition) is 3. The van der Waals surface area contributed by atoms with Crippen molar-refractivity contribution in [3.8, 4) is 6.07 Å². The third kappa shape index (κ3) is 4.52. The molecule has 1 amide bonds. The number of nitriles is 1. The standard InChI is InChI=1S/C19H19N3O/c1-19(2,3)17-10-8-16(9-11-17)18(23)22-21-13-15-6-4-14(12-20)5-7-15/h4-11,13H,1-3H3,(H,22,23). The zero-order valence-electron chi connectivity index (χ0n) is 13.5. The Labute approximate surface area is 136 Å². The third-order valence-electron chi connectivity index (χ3n) is 3.43. The summed E-state index contributed by atoms with van der Waals surface area (Å²) in [7, 11) is 0. The van der Waals surface area contributed by atoms with Gasteiger partial charge in [0.1, 0.15) is 0 Å². The second kappa shape index (κ2) is 6.89. The van der Waals surface area contributed by atoms with Crippen LogP contribution >= 0.6 is 0 Å². The molecule has 0 saturated carbocycles. The summed E-state index contributed by atoms with van der Waals surface area (Å²) in [6.07, 6.45) is 1.54. The van der Waals surface area contributed by atoms with E-state index in [0.29, 0.717) is 11.1 Å². The van der Waals surface area contributed by atoms with Crippen molar-refractivity contribution in [3.05, 3.63) is 70.8 Å². The van der Waals surface area contributed by atoms with Gasteiger partial charge in [0.05, 0.1) is 17.8 Å². The van der Waals surface area contributed by atoms with Crippen LogP contribution in [0.2, 0.25) is 0 Å². The average molecular weight is 305 g/mol. The number of rotatable bonds is 3. The van der Waals surface area contributed by atoms with Crippen molar-refractivity contribution in [2.75, 3.05) is 0 Å². The molecule has 2 aromatic rings. The third-order valence-corrected chi connectivity index (χ3v) is 3.43. The van der Waals surface area contributed by atoms with E-state index in [2.05, 4.69) is 37.4 Å². The summed E-state index contributed by atoms with van der Waals surface area (Å²) < 4.78 is 0. The zero-order chi connectivity index (χ0) is 16.9. The van der Waals surface area contributed by atoms with Crippen LogP contribution in [-0.4, -0.2) is 12.1 Å². The molecule has 0 atom stereocenters. The molecule has 116 valence electrons. The van der Waals surface area contributed by atoms with Crippen LogP contribution < -0.4 is 5.43 Å². The Morgan fingerprint density at radius 3 is 2.22 bits per heavy atom. The molecule has 2 rings (SSSR count). The van der Waals surface area contributed by atoms with Crippen molar-refractivity contribution in [3.63, 3.8) is 0 Å². The smallest absolute Gasteiger partial charge is 0.267 e. The Hall–Kier alpha value is -2.93. The van der Waals surface area contributed by atoms with Gasteiger partial charge in [-0.15, -0.1) is 0 Å². The van der Waals surface area contributed by atoms with Crippen LogP contribution in [0.5, 0.6) is 0 Å². The number of nitrogens with zero attached hydrogens (tertiary/aromatic N) is 2. The van der Waals surface area contributed by atoms with Gasteiger partial charge in [-0.3, -0.25) is 4.79 Å². The molecular formula is C19H19N3O. The molecule has 0 radical (unpaired) electrons. The van der Waals surface area contributed by atoms with E-state index in [1.165, 1.54) is 5.56 Å². The second-order valence-corrected chi connectivity index (χ2v) is 6.26. The summed E-state index contributed by atoms with van der Waals surface area (Å²) in [5.41, 5.74) is 5.70. The fourth-order valence-corrected chi connectivity index (χ4v) is 2.00. The first-order chi connectivity index (χ1) is 10.9. The normalized spacial score (nSPS) is 11.2. The summed E-state index contributed by atoms with van der Waals surface area (Å²) in [6.45, 7) is 6.39. The minimum atomic E-state index is -0.254. The molecule has 1 N–H and O–H groups in total. The van der Waals surface area contributed by atoms with Crippen molar-refractivity contribution in [1.29, 1.82) is 5.26 Å². The first kappa shape index (κ1) is 16.4. The first-order valence-corrected chi connectivity index (χ1v) is 7.34. The lowest BCUT2D eigenvalue weighted by Gasteiger charge is -2.18. The van der Waals surface area contributed by atoms with Gasteiger partial charge in [-0.1, -0.05) is 45.0 Å². The Balaban J connectivity index is 1.99. The van der Waals surface area contributed by atoms with Crippen LogP contribution in [-0.2, 0) is 5.41 Å². The van der Waals surface area contributed by atoms with Gasteiger partial charge >= 0.3 is 0 Å². The highest BCUT2D eigenvalue weighted by molar-refractivity contribution is 5.94. The number of hydrazone groups is 1. The van der Waals surface area contributed by atoms with Gasteiger partial charge in [-0.2, -0.15) is 10.4 Å². The van der Waals surface area contributed by atoms with Gasteiger partial charge in [0.15, 0.2) is 0 Å². The molecule has 0 heterocycles. The summed E-state index contributed by atoms with van der Waals surface area (Å²) in [4.78, 5) is 12.0. The van der Waals surface area contributed by atoms with Crippen LogP contribution in [0.1, 0.15) is 47.8 Å². The number of hydrogen-bond donors (Lipinski definition) is 1. The van der Waals surface area contributed by atoms with Gasteiger partial charge < -0.3 is 0 Å². The molecular weight excluding hydrogens is 286 g/mol. The molecule has 0 bridgehead atoms. The molecule has 0 saturated heterocycles. The molecule has 0 aliphatic rings. The van der Waals surface area contributed by atoms with Crippen molar-refractivity contribution in [2.24, 2.45) is 5.10 Å². The lowest BCUT2D eigenvalue weighted by atomic mass is 9.87. The lowest BCUT2D eigenvalue weighted by Crippen LogP contribution is -2.18. The van der Waals surface area contributed by atoms with Crippen molar-refractivity contribution in [2.45, 2.75) is 26.2 Å². The predicted molar refractivity (Wildman–Crippen MR) is 91.4 cm³/mol. The van der Waals surface area contributed by atoms with Gasteiger partial charge in [0.25, 0.3) is 5.91 Å². The van der Waals surface area contributed by atoms with Crippen molar-refractivity contribution >= 4 is 12.1 Å². The number of amides is 1. The summed E-state index contributed by atoms with van der Waals surface area (Å²) >= 11 is 0. The molecule has 0 aliphatic carbocycles.